The van der Waals surface area contributed by atoms with Gasteiger partial charge in [0.25, 0.3) is 0 Å². The Kier molecular flexibility index (Phi) is 5.11. The van der Waals surface area contributed by atoms with Crippen LogP contribution in [0.3, 0.4) is 0 Å². The summed E-state index contributed by atoms with van der Waals surface area (Å²) in [5.74, 6) is 2.87. The van der Waals surface area contributed by atoms with Gasteiger partial charge in [0.2, 0.25) is 0 Å². The highest BCUT2D eigenvalue weighted by Gasteiger charge is 2.36. The number of methoxy groups -OCH3 is 2. The molecule has 2 N–H and O–H groups in total. The van der Waals surface area contributed by atoms with Crippen molar-refractivity contribution in [3.63, 3.8) is 0 Å². The van der Waals surface area contributed by atoms with E-state index in [0.29, 0.717) is 23.0 Å². The number of benzene rings is 3. The quantitative estimate of drug-likeness (QED) is 0.636. The fraction of sp³-hybridized carbons (Fsp3) is 0.154. The summed E-state index contributed by atoms with van der Waals surface area (Å²) in [6, 6.07) is 23.0. The predicted octanol–water partition coefficient (Wildman–Crippen LogP) is 4.39. The standard InChI is InChI=1S/C26H23N3O3/c1-31-18-10-8-17(9-11-18)25-27-22-15-21(22)24(20-13-12-19(32-2)14-23(20)30)28-26(29-25)16-6-4-3-5-7-16/h3-14,22,30H,15H2,1-2H3,(H,27,28,29). The van der Waals surface area contributed by atoms with Crippen molar-refractivity contribution in [1.82, 2.24) is 5.32 Å². The third-order valence-electron chi connectivity index (χ3n) is 5.59. The number of nitrogens with one attached hydrogen (secondary N) is 1. The van der Waals surface area contributed by atoms with Crippen molar-refractivity contribution >= 4 is 17.4 Å². The van der Waals surface area contributed by atoms with Gasteiger partial charge < -0.3 is 19.9 Å². The van der Waals surface area contributed by atoms with Crippen molar-refractivity contribution in [2.75, 3.05) is 14.2 Å². The van der Waals surface area contributed by atoms with Gasteiger partial charge in [-0.15, -0.1) is 0 Å². The van der Waals surface area contributed by atoms with E-state index in [0.717, 1.165) is 34.6 Å². The van der Waals surface area contributed by atoms with Crippen LogP contribution < -0.4 is 14.8 Å². The lowest BCUT2D eigenvalue weighted by Gasteiger charge is -2.18. The molecule has 0 saturated heterocycles. The third-order valence-corrected chi connectivity index (χ3v) is 5.59. The van der Waals surface area contributed by atoms with Gasteiger partial charge in [0.15, 0.2) is 5.84 Å². The molecule has 1 aliphatic carbocycles. The lowest BCUT2D eigenvalue weighted by Crippen LogP contribution is -2.26. The zero-order valence-corrected chi connectivity index (χ0v) is 17.9. The van der Waals surface area contributed by atoms with Gasteiger partial charge in [-0.05, 0) is 48.4 Å². The summed E-state index contributed by atoms with van der Waals surface area (Å²) in [4.78, 5) is 9.86. The van der Waals surface area contributed by atoms with Crippen LogP contribution in [0, 0.1) is 0 Å². The summed E-state index contributed by atoms with van der Waals surface area (Å²) in [7, 11) is 3.23. The van der Waals surface area contributed by atoms with Gasteiger partial charge in [0, 0.05) is 22.8 Å². The molecule has 3 aromatic carbocycles. The van der Waals surface area contributed by atoms with E-state index in [1.807, 2.05) is 66.7 Å². The summed E-state index contributed by atoms with van der Waals surface area (Å²) >= 11 is 0. The second-order valence-corrected chi connectivity index (χ2v) is 7.64. The van der Waals surface area contributed by atoms with Gasteiger partial charge in [0.1, 0.15) is 23.1 Å². The highest BCUT2D eigenvalue weighted by atomic mass is 16.5. The summed E-state index contributed by atoms with van der Waals surface area (Å²) < 4.78 is 10.5. The average molecular weight is 425 g/mol. The van der Waals surface area contributed by atoms with Crippen LogP contribution in [0.15, 0.2) is 88.4 Å². The van der Waals surface area contributed by atoms with Crippen molar-refractivity contribution in [3.8, 4) is 17.2 Å². The predicted molar refractivity (Wildman–Crippen MR) is 126 cm³/mol. The molecule has 6 nitrogen and oxygen atoms in total. The number of aromatic hydroxyl groups is 1. The first-order valence-electron chi connectivity index (χ1n) is 10.4. The first kappa shape index (κ1) is 19.9. The van der Waals surface area contributed by atoms with E-state index in [-0.39, 0.29) is 11.8 Å². The number of aliphatic imine (C=N–C) groups is 2. The van der Waals surface area contributed by atoms with Crippen LogP contribution in [0.5, 0.6) is 17.2 Å². The average Bonchev–Trinajstić information content (AvgIpc) is 3.58. The highest BCUT2D eigenvalue weighted by molar-refractivity contribution is 6.14. The molecule has 1 unspecified atom stereocenters. The lowest BCUT2D eigenvalue weighted by molar-refractivity contribution is 0.407. The molecule has 1 aliphatic heterocycles. The van der Waals surface area contributed by atoms with Crippen LogP contribution in [0.1, 0.15) is 23.1 Å². The van der Waals surface area contributed by atoms with Gasteiger partial charge in [-0.1, -0.05) is 30.3 Å². The van der Waals surface area contributed by atoms with E-state index in [4.69, 9.17) is 19.5 Å². The minimum atomic E-state index is 0.0252. The molecule has 5 rings (SSSR count). The smallest absolute Gasteiger partial charge is 0.157 e. The molecule has 3 aromatic rings. The maximum absolute atomic E-state index is 10.7. The fourth-order valence-electron chi connectivity index (χ4n) is 3.75. The summed E-state index contributed by atoms with van der Waals surface area (Å²) in [5, 5.41) is 14.2. The molecule has 1 saturated carbocycles. The summed E-state index contributed by atoms with van der Waals surface area (Å²) in [6.07, 6.45) is 0.811. The number of nitrogens with zero attached hydrogens (tertiary/aromatic N) is 2. The van der Waals surface area contributed by atoms with E-state index in [2.05, 4.69) is 5.32 Å². The van der Waals surface area contributed by atoms with E-state index >= 15 is 0 Å². The number of phenols is 1. The normalized spacial score (nSPS) is 17.2. The maximum Gasteiger partial charge on any atom is 0.157 e. The SMILES string of the molecule is COc1ccc(C2=NC3CC3=C(c3ccc(OC)cc3O)NC(c3ccccc3)=N2)cc1. The minimum Gasteiger partial charge on any atom is -0.507 e. The number of hydrogen-bond acceptors (Lipinski definition) is 6. The number of fused-ring (bicyclic) bond motifs is 1. The molecule has 0 spiro atoms. The molecule has 2 aliphatic rings. The molecule has 0 aromatic heterocycles. The van der Waals surface area contributed by atoms with Gasteiger partial charge >= 0.3 is 0 Å². The molecule has 0 radical (unpaired) electrons. The summed E-state index contributed by atoms with van der Waals surface area (Å²) in [6.45, 7) is 0. The Labute approximate surface area is 186 Å². The molecule has 0 bridgehead atoms. The monoisotopic (exact) mass is 425 g/mol. The Hall–Kier alpha value is -4.06. The molecule has 1 heterocycles. The Bertz CT molecular complexity index is 1250. The van der Waals surface area contributed by atoms with E-state index in [1.54, 1.807) is 20.3 Å². The maximum atomic E-state index is 10.7. The number of rotatable bonds is 5. The van der Waals surface area contributed by atoms with Gasteiger partial charge in [-0.2, -0.15) is 0 Å². The van der Waals surface area contributed by atoms with Crippen molar-refractivity contribution in [2.45, 2.75) is 12.5 Å². The Morgan fingerprint density at radius 1 is 0.875 bits per heavy atom. The van der Waals surface area contributed by atoms with Crippen LogP contribution in [-0.2, 0) is 0 Å². The molecule has 1 atom stereocenters. The van der Waals surface area contributed by atoms with Crippen LogP contribution in [-0.4, -0.2) is 37.0 Å². The zero-order valence-electron chi connectivity index (χ0n) is 17.9. The van der Waals surface area contributed by atoms with E-state index < -0.39 is 0 Å². The van der Waals surface area contributed by atoms with Crippen LogP contribution in [0.2, 0.25) is 0 Å². The number of hydrogen-bond donors (Lipinski definition) is 2. The van der Waals surface area contributed by atoms with Gasteiger partial charge in [-0.3, -0.25) is 4.99 Å². The van der Waals surface area contributed by atoms with Crippen molar-refractivity contribution in [3.05, 3.63) is 95.1 Å². The molecular weight excluding hydrogens is 402 g/mol. The van der Waals surface area contributed by atoms with Gasteiger partial charge in [0.05, 0.1) is 26.0 Å². The van der Waals surface area contributed by atoms with Crippen LogP contribution >= 0.6 is 0 Å². The zero-order chi connectivity index (χ0) is 22.1. The minimum absolute atomic E-state index is 0.0252. The topological polar surface area (TPSA) is 75.4 Å². The summed E-state index contributed by atoms with van der Waals surface area (Å²) in [5.41, 5.74) is 4.53. The Morgan fingerprint density at radius 3 is 2.28 bits per heavy atom. The van der Waals surface area contributed by atoms with E-state index in [1.165, 1.54) is 0 Å². The molecule has 32 heavy (non-hydrogen) atoms. The number of phenolic OH excluding ortho intramolecular Hbond substituents is 1. The molecule has 0 amide bonds. The lowest BCUT2D eigenvalue weighted by atomic mass is 10.1. The largest absolute Gasteiger partial charge is 0.507 e. The third kappa shape index (κ3) is 3.83. The second-order valence-electron chi connectivity index (χ2n) is 7.64. The number of amidine groups is 2. The van der Waals surface area contributed by atoms with Crippen molar-refractivity contribution in [2.24, 2.45) is 9.98 Å². The van der Waals surface area contributed by atoms with E-state index in [9.17, 15) is 5.11 Å². The highest BCUT2D eigenvalue weighted by Crippen LogP contribution is 2.42. The van der Waals surface area contributed by atoms with Crippen LogP contribution in [0.25, 0.3) is 5.70 Å². The Balaban J connectivity index is 1.62. The number of ether oxygens (including phenoxy) is 2. The fourth-order valence-corrected chi connectivity index (χ4v) is 3.75. The molecule has 6 heteroatoms. The van der Waals surface area contributed by atoms with Crippen LogP contribution in [0.4, 0.5) is 0 Å². The second kappa shape index (κ2) is 8.23. The van der Waals surface area contributed by atoms with Crippen molar-refractivity contribution < 1.29 is 14.6 Å². The molecular formula is C26H23N3O3. The first-order chi connectivity index (χ1) is 15.7. The van der Waals surface area contributed by atoms with Gasteiger partial charge in [-0.25, -0.2) is 4.99 Å². The first-order valence-corrected chi connectivity index (χ1v) is 10.4. The van der Waals surface area contributed by atoms with Crippen molar-refractivity contribution in [1.29, 1.82) is 0 Å². The Morgan fingerprint density at radius 2 is 1.59 bits per heavy atom. The molecule has 1 fully saturated rings. The molecule has 160 valence electrons.